The Morgan fingerprint density at radius 1 is 0.833 bits per heavy atom. The van der Waals surface area contributed by atoms with Crippen molar-refractivity contribution < 1.29 is 0 Å². The summed E-state index contributed by atoms with van der Waals surface area (Å²) in [7, 11) is 0. The monoisotopic (exact) mass is 240 g/mol. The van der Waals surface area contributed by atoms with E-state index in [1.165, 1.54) is 27.8 Å². The second-order valence-electron chi connectivity index (χ2n) is 4.85. The second kappa shape index (κ2) is 5.34. The predicted molar refractivity (Wildman–Crippen MR) is 76.3 cm³/mol. The van der Waals surface area contributed by atoms with Crippen LogP contribution >= 0.6 is 0 Å². The van der Waals surface area contributed by atoms with E-state index in [-0.39, 0.29) is 6.04 Å². The van der Waals surface area contributed by atoms with Gasteiger partial charge in [0.25, 0.3) is 0 Å². The fourth-order valence-corrected chi connectivity index (χ4v) is 2.09. The molecule has 18 heavy (non-hydrogen) atoms. The summed E-state index contributed by atoms with van der Waals surface area (Å²) in [6.45, 7) is 6.34. The molecule has 0 aromatic heterocycles. The van der Waals surface area contributed by atoms with E-state index in [9.17, 15) is 0 Å². The lowest BCUT2D eigenvalue weighted by Gasteiger charge is -2.18. The van der Waals surface area contributed by atoms with Gasteiger partial charge in [-0.2, -0.15) is 0 Å². The third-order valence-electron chi connectivity index (χ3n) is 3.44. The number of nitrogens with two attached hydrogens (primary N) is 1. The molecule has 0 amide bonds. The fourth-order valence-electron chi connectivity index (χ4n) is 2.09. The number of benzene rings is 2. The maximum atomic E-state index is 5.71. The van der Waals surface area contributed by atoms with Gasteiger partial charge in [-0.25, -0.2) is 5.43 Å². The molecule has 0 spiro atoms. The van der Waals surface area contributed by atoms with Crippen LogP contribution in [-0.4, -0.2) is 0 Å². The molecule has 94 valence electrons. The van der Waals surface area contributed by atoms with Gasteiger partial charge in [-0.1, -0.05) is 48.0 Å². The highest BCUT2D eigenvalue weighted by molar-refractivity contribution is 5.37. The highest BCUT2D eigenvalue weighted by Crippen LogP contribution is 2.23. The molecule has 2 heteroatoms. The first-order valence-corrected chi connectivity index (χ1v) is 6.21. The van der Waals surface area contributed by atoms with Crippen molar-refractivity contribution in [1.29, 1.82) is 0 Å². The molecule has 0 radical (unpaired) electrons. The Bertz CT molecular complexity index is 529. The van der Waals surface area contributed by atoms with E-state index in [1.807, 2.05) is 0 Å². The Balaban J connectivity index is 2.38. The Morgan fingerprint density at radius 3 is 2.00 bits per heavy atom. The molecule has 2 aromatic rings. The fraction of sp³-hybridized carbons (Fsp3) is 0.250. The molecule has 0 bridgehead atoms. The lowest BCUT2D eigenvalue weighted by Crippen LogP contribution is -2.28. The number of hydrazine groups is 1. The summed E-state index contributed by atoms with van der Waals surface area (Å²) >= 11 is 0. The van der Waals surface area contributed by atoms with Crippen molar-refractivity contribution in [2.75, 3.05) is 0 Å². The molecule has 1 atom stereocenters. The quantitative estimate of drug-likeness (QED) is 0.639. The van der Waals surface area contributed by atoms with E-state index < -0.39 is 0 Å². The van der Waals surface area contributed by atoms with Gasteiger partial charge >= 0.3 is 0 Å². The van der Waals surface area contributed by atoms with Gasteiger partial charge in [0.05, 0.1) is 6.04 Å². The van der Waals surface area contributed by atoms with Crippen LogP contribution in [0.5, 0.6) is 0 Å². The summed E-state index contributed by atoms with van der Waals surface area (Å²) in [5.41, 5.74) is 9.14. The van der Waals surface area contributed by atoms with Crippen molar-refractivity contribution in [2.24, 2.45) is 5.84 Å². The van der Waals surface area contributed by atoms with Gasteiger partial charge in [-0.3, -0.25) is 5.84 Å². The Morgan fingerprint density at radius 2 is 1.44 bits per heavy atom. The number of hydrogen-bond donors (Lipinski definition) is 2. The van der Waals surface area contributed by atoms with Crippen molar-refractivity contribution in [1.82, 2.24) is 5.43 Å². The molecule has 2 aromatic carbocycles. The topological polar surface area (TPSA) is 38.0 Å². The van der Waals surface area contributed by atoms with E-state index in [1.54, 1.807) is 0 Å². The minimum atomic E-state index is 0.0462. The van der Waals surface area contributed by atoms with Crippen LogP contribution in [0.4, 0.5) is 0 Å². The van der Waals surface area contributed by atoms with E-state index in [0.717, 1.165) is 0 Å². The van der Waals surface area contributed by atoms with Crippen molar-refractivity contribution in [3.05, 3.63) is 70.3 Å². The molecule has 2 rings (SSSR count). The van der Waals surface area contributed by atoms with Crippen molar-refractivity contribution in [3.8, 4) is 0 Å². The zero-order valence-corrected chi connectivity index (χ0v) is 11.2. The van der Waals surface area contributed by atoms with Crippen LogP contribution in [0.3, 0.4) is 0 Å². The number of rotatable bonds is 3. The van der Waals surface area contributed by atoms with Crippen LogP contribution in [0.1, 0.15) is 33.9 Å². The Labute approximate surface area is 109 Å². The first-order valence-electron chi connectivity index (χ1n) is 6.21. The Hall–Kier alpha value is -1.64. The maximum absolute atomic E-state index is 5.71. The first-order chi connectivity index (χ1) is 8.61. The van der Waals surface area contributed by atoms with Crippen LogP contribution < -0.4 is 11.3 Å². The molecule has 0 saturated heterocycles. The number of hydrogen-bond acceptors (Lipinski definition) is 2. The van der Waals surface area contributed by atoms with Gasteiger partial charge in [-0.05, 0) is 43.0 Å². The second-order valence-corrected chi connectivity index (χ2v) is 4.85. The highest BCUT2D eigenvalue weighted by Gasteiger charge is 2.12. The first kappa shape index (κ1) is 12.8. The highest BCUT2D eigenvalue weighted by atomic mass is 15.2. The van der Waals surface area contributed by atoms with E-state index >= 15 is 0 Å². The summed E-state index contributed by atoms with van der Waals surface area (Å²) in [6, 6.07) is 15.0. The van der Waals surface area contributed by atoms with Crippen molar-refractivity contribution >= 4 is 0 Å². The summed E-state index contributed by atoms with van der Waals surface area (Å²) in [5.74, 6) is 5.71. The zero-order chi connectivity index (χ0) is 13.1. The summed E-state index contributed by atoms with van der Waals surface area (Å²) < 4.78 is 0. The van der Waals surface area contributed by atoms with Gasteiger partial charge in [0.2, 0.25) is 0 Å². The zero-order valence-electron chi connectivity index (χ0n) is 11.2. The molecule has 0 heterocycles. The van der Waals surface area contributed by atoms with Gasteiger partial charge < -0.3 is 0 Å². The summed E-state index contributed by atoms with van der Waals surface area (Å²) in [4.78, 5) is 0. The molecule has 1 unspecified atom stereocenters. The van der Waals surface area contributed by atoms with Gasteiger partial charge in [0, 0.05) is 0 Å². The lowest BCUT2D eigenvalue weighted by molar-refractivity contribution is 0.636. The molecule has 0 fully saturated rings. The Kier molecular flexibility index (Phi) is 3.80. The SMILES string of the molecule is Cc1ccc(C(NN)c2ccc(C)c(C)c2)cc1. The molecule has 3 N–H and O–H groups in total. The largest absolute Gasteiger partial charge is 0.271 e. The van der Waals surface area contributed by atoms with Crippen LogP contribution in [0.15, 0.2) is 42.5 Å². The maximum Gasteiger partial charge on any atom is 0.0710 e. The molecule has 2 nitrogen and oxygen atoms in total. The van der Waals surface area contributed by atoms with Crippen LogP contribution in [0.25, 0.3) is 0 Å². The molecule has 0 aliphatic carbocycles. The minimum Gasteiger partial charge on any atom is -0.271 e. The molecular formula is C16H20N2. The third kappa shape index (κ3) is 2.61. The summed E-state index contributed by atoms with van der Waals surface area (Å²) in [6.07, 6.45) is 0. The van der Waals surface area contributed by atoms with Gasteiger partial charge in [0.15, 0.2) is 0 Å². The summed E-state index contributed by atoms with van der Waals surface area (Å²) in [5, 5.41) is 0. The van der Waals surface area contributed by atoms with Crippen LogP contribution in [0, 0.1) is 20.8 Å². The normalized spacial score (nSPS) is 12.4. The van der Waals surface area contributed by atoms with E-state index in [2.05, 4.69) is 68.7 Å². The predicted octanol–water partition coefficient (Wildman–Crippen LogP) is 3.16. The van der Waals surface area contributed by atoms with Crippen LogP contribution in [-0.2, 0) is 0 Å². The van der Waals surface area contributed by atoms with Gasteiger partial charge in [0.1, 0.15) is 0 Å². The molecule has 0 aliphatic rings. The smallest absolute Gasteiger partial charge is 0.0710 e. The average Bonchev–Trinajstić information content (AvgIpc) is 2.37. The average molecular weight is 240 g/mol. The van der Waals surface area contributed by atoms with Crippen molar-refractivity contribution in [2.45, 2.75) is 26.8 Å². The van der Waals surface area contributed by atoms with E-state index in [0.29, 0.717) is 0 Å². The molecule has 0 saturated carbocycles. The van der Waals surface area contributed by atoms with Crippen molar-refractivity contribution in [3.63, 3.8) is 0 Å². The minimum absolute atomic E-state index is 0.0462. The number of nitrogens with one attached hydrogen (secondary N) is 1. The third-order valence-corrected chi connectivity index (χ3v) is 3.44. The van der Waals surface area contributed by atoms with Gasteiger partial charge in [-0.15, -0.1) is 0 Å². The molecule has 0 aliphatic heterocycles. The number of aryl methyl sites for hydroxylation is 3. The lowest BCUT2D eigenvalue weighted by atomic mass is 9.95. The van der Waals surface area contributed by atoms with E-state index in [4.69, 9.17) is 5.84 Å². The standard InChI is InChI=1S/C16H20N2/c1-11-4-7-14(8-5-11)16(18-17)15-9-6-12(2)13(3)10-15/h4-10,16,18H,17H2,1-3H3. The molecular weight excluding hydrogens is 220 g/mol. The van der Waals surface area contributed by atoms with Crippen LogP contribution in [0.2, 0.25) is 0 Å².